The van der Waals surface area contributed by atoms with Gasteiger partial charge in [-0.2, -0.15) is 4.98 Å². The normalized spacial score (nSPS) is 11.4. The van der Waals surface area contributed by atoms with Crippen molar-refractivity contribution >= 4 is 17.0 Å². The molecule has 1 N–H and O–H groups in total. The van der Waals surface area contributed by atoms with E-state index in [0.29, 0.717) is 17.6 Å². The summed E-state index contributed by atoms with van der Waals surface area (Å²) in [5.74, 6) is -0.813. The minimum Gasteiger partial charge on any atom is -0.408 e. The van der Waals surface area contributed by atoms with Gasteiger partial charge >= 0.3 is 17.6 Å². The fourth-order valence-corrected chi connectivity index (χ4v) is 2.84. The fraction of sp³-hybridized carbons (Fsp3) is 0.444. The number of hydrogen-bond acceptors (Lipinski definition) is 7. The molecular formula is C18H23N5O4. The van der Waals surface area contributed by atoms with Crippen LogP contribution < -0.4 is 11.1 Å². The number of aromatic nitrogens is 3. The molecule has 9 heteroatoms. The fourth-order valence-electron chi connectivity index (χ4n) is 2.84. The van der Waals surface area contributed by atoms with Crippen molar-refractivity contribution in [3.63, 3.8) is 0 Å². The van der Waals surface area contributed by atoms with Crippen LogP contribution in [-0.2, 0) is 6.54 Å². The van der Waals surface area contributed by atoms with Gasteiger partial charge in [-0.05, 0) is 38.2 Å². The first-order valence-electron chi connectivity index (χ1n) is 9.03. The largest absolute Gasteiger partial charge is 0.420 e. The number of rotatable bonds is 9. The van der Waals surface area contributed by atoms with Gasteiger partial charge in [-0.1, -0.05) is 31.1 Å². The van der Waals surface area contributed by atoms with Gasteiger partial charge in [0.05, 0.1) is 12.1 Å². The molecule has 0 saturated heterocycles. The van der Waals surface area contributed by atoms with Crippen LogP contribution >= 0.6 is 0 Å². The van der Waals surface area contributed by atoms with Gasteiger partial charge in [-0.25, -0.2) is 4.79 Å². The SMILES string of the molecule is CCN(CC)CCCNC(=O)c1nc(Cn2c(=O)oc3ccccc32)no1. The van der Waals surface area contributed by atoms with Gasteiger partial charge < -0.3 is 19.2 Å². The average molecular weight is 373 g/mol. The predicted octanol–water partition coefficient (Wildman–Crippen LogP) is 1.49. The lowest BCUT2D eigenvalue weighted by atomic mass is 10.3. The van der Waals surface area contributed by atoms with Crippen LogP contribution in [0.5, 0.6) is 0 Å². The average Bonchev–Trinajstić information content (AvgIpc) is 3.27. The van der Waals surface area contributed by atoms with Crippen LogP contribution in [0.1, 0.15) is 36.8 Å². The quantitative estimate of drug-likeness (QED) is 0.566. The van der Waals surface area contributed by atoms with Crippen molar-refractivity contribution in [1.29, 1.82) is 0 Å². The van der Waals surface area contributed by atoms with E-state index in [1.54, 1.807) is 24.3 Å². The second-order valence-corrected chi connectivity index (χ2v) is 6.07. The highest BCUT2D eigenvalue weighted by Crippen LogP contribution is 2.12. The van der Waals surface area contributed by atoms with E-state index in [4.69, 9.17) is 8.94 Å². The van der Waals surface area contributed by atoms with Crippen LogP contribution in [-0.4, -0.2) is 51.7 Å². The Labute approximate surface area is 155 Å². The summed E-state index contributed by atoms with van der Waals surface area (Å²) in [5.41, 5.74) is 1.12. The third kappa shape index (κ3) is 4.43. The van der Waals surface area contributed by atoms with Gasteiger partial charge in [0.25, 0.3) is 0 Å². The highest BCUT2D eigenvalue weighted by Gasteiger charge is 2.17. The zero-order valence-corrected chi connectivity index (χ0v) is 15.5. The molecule has 2 aromatic heterocycles. The van der Waals surface area contributed by atoms with Crippen molar-refractivity contribution in [2.24, 2.45) is 0 Å². The first-order chi connectivity index (χ1) is 13.1. The lowest BCUT2D eigenvalue weighted by Gasteiger charge is -2.17. The molecular weight excluding hydrogens is 350 g/mol. The number of benzene rings is 1. The number of carbonyl (C=O) groups excluding carboxylic acids is 1. The third-order valence-corrected chi connectivity index (χ3v) is 4.37. The molecule has 3 rings (SSSR count). The van der Waals surface area contributed by atoms with Crippen LogP contribution in [0.2, 0.25) is 0 Å². The van der Waals surface area contributed by atoms with E-state index in [2.05, 4.69) is 34.2 Å². The first-order valence-corrected chi connectivity index (χ1v) is 9.03. The number of para-hydroxylation sites is 2. The maximum atomic E-state index is 12.1. The van der Waals surface area contributed by atoms with Gasteiger partial charge in [0.15, 0.2) is 11.4 Å². The predicted molar refractivity (Wildman–Crippen MR) is 98.6 cm³/mol. The number of amides is 1. The van der Waals surface area contributed by atoms with Crippen molar-refractivity contribution in [2.75, 3.05) is 26.2 Å². The van der Waals surface area contributed by atoms with Crippen LogP contribution in [0.15, 0.2) is 38.0 Å². The molecule has 0 radical (unpaired) electrons. The molecule has 0 aliphatic heterocycles. The van der Waals surface area contributed by atoms with E-state index in [1.807, 2.05) is 0 Å². The Hall–Kier alpha value is -2.94. The Morgan fingerprint density at radius 2 is 2.04 bits per heavy atom. The van der Waals surface area contributed by atoms with E-state index >= 15 is 0 Å². The topological polar surface area (TPSA) is 106 Å². The highest BCUT2D eigenvalue weighted by atomic mass is 16.5. The molecule has 0 aliphatic rings. The summed E-state index contributed by atoms with van der Waals surface area (Å²) >= 11 is 0. The van der Waals surface area contributed by atoms with E-state index < -0.39 is 11.7 Å². The lowest BCUT2D eigenvalue weighted by molar-refractivity contribution is 0.0908. The minimum absolute atomic E-state index is 0.0641. The summed E-state index contributed by atoms with van der Waals surface area (Å²) in [6, 6.07) is 7.07. The molecule has 1 aromatic carbocycles. The summed E-state index contributed by atoms with van der Waals surface area (Å²) in [7, 11) is 0. The molecule has 0 unspecified atom stereocenters. The minimum atomic E-state index is -0.511. The molecule has 0 fully saturated rings. The van der Waals surface area contributed by atoms with Gasteiger partial charge in [0, 0.05) is 6.54 Å². The maximum absolute atomic E-state index is 12.1. The van der Waals surface area contributed by atoms with Crippen LogP contribution in [0.4, 0.5) is 0 Å². The van der Waals surface area contributed by atoms with Crippen molar-refractivity contribution in [3.05, 3.63) is 46.5 Å². The Kier molecular flexibility index (Phi) is 6.02. The number of fused-ring (bicyclic) bond motifs is 1. The number of nitrogens with zero attached hydrogens (tertiary/aromatic N) is 4. The van der Waals surface area contributed by atoms with Gasteiger partial charge in [0.2, 0.25) is 0 Å². The summed E-state index contributed by atoms with van der Waals surface area (Å²) in [6.45, 7) is 7.69. The zero-order valence-electron chi connectivity index (χ0n) is 15.5. The van der Waals surface area contributed by atoms with Crippen LogP contribution in [0.3, 0.4) is 0 Å². The summed E-state index contributed by atoms with van der Waals surface area (Å²) in [6.07, 6.45) is 0.838. The Bertz CT molecular complexity index is 954. The molecule has 1 amide bonds. The summed E-state index contributed by atoms with van der Waals surface area (Å²) in [5, 5.41) is 6.55. The van der Waals surface area contributed by atoms with Crippen molar-refractivity contribution < 1.29 is 13.7 Å². The standard InChI is InChI=1S/C18H23N5O4/c1-3-22(4-2)11-7-10-19-16(24)17-20-15(21-27-17)12-23-13-8-5-6-9-14(13)26-18(23)25/h5-6,8-9H,3-4,7,10-12H2,1-2H3,(H,19,24). The first kappa shape index (κ1) is 18.8. The molecule has 27 heavy (non-hydrogen) atoms. The van der Waals surface area contributed by atoms with E-state index in [-0.39, 0.29) is 18.3 Å². The molecule has 0 spiro atoms. The maximum Gasteiger partial charge on any atom is 0.420 e. The van der Waals surface area contributed by atoms with E-state index in [0.717, 1.165) is 26.1 Å². The number of hydrogen-bond donors (Lipinski definition) is 1. The summed E-state index contributed by atoms with van der Waals surface area (Å²) in [4.78, 5) is 30.5. The molecule has 2 heterocycles. The highest BCUT2D eigenvalue weighted by molar-refractivity contribution is 5.89. The second kappa shape index (κ2) is 8.63. The smallest absolute Gasteiger partial charge is 0.408 e. The van der Waals surface area contributed by atoms with Gasteiger partial charge in [-0.15, -0.1) is 0 Å². The number of nitrogens with one attached hydrogen (secondary N) is 1. The Morgan fingerprint density at radius 3 is 2.81 bits per heavy atom. The Morgan fingerprint density at radius 1 is 1.26 bits per heavy atom. The number of oxazole rings is 1. The molecule has 0 atom stereocenters. The molecule has 0 bridgehead atoms. The molecule has 9 nitrogen and oxygen atoms in total. The third-order valence-electron chi connectivity index (χ3n) is 4.37. The van der Waals surface area contributed by atoms with Gasteiger partial charge in [0.1, 0.15) is 0 Å². The van der Waals surface area contributed by atoms with Crippen molar-refractivity contribution in [1.82, 2.24) is 24.9 Å². The van der Waals surface area contributed by atoms with Crippen molar-refractivity contribution in [2.45, 2.75) is 26.8 Å². The zero-order chi connectivity index (χ0) is 19.2. The molecule has 0 saturated carbocycles. The monoisotopic (exact) mass is 373 g/mol. The van der Waals surface area contributed by atoms with E-state index in [1.165, 1.54) is 4.57 Å². The summed E-state index contributed by atoms with van der Waals surface area (Å²) < 4.78 is 11.6. The van der Waals surface area contributed by atoms with Gasteiger partial charge in [-0.3, -0.25) is 9.36 Å². The lowest BCUT2D eigenvalue weighted by Crippen LogP contribution is -2.30. The number of carbonyl (C=O) groups is 1. The van der Waals surface area contributed by atoms with Crippen LogP contribution in [0.25, 0.3) is 11.1 Å². The molecule has 144 valence electrons. The molecule has 0 aliphatic carbocycles. The Balaban J connectivity index is 1.59. The van der Waals surface area contributed by atoms with E-state index in [9.17, 15) is 9.59 Å². The van der Waals surface area contributed by atoms with Crippen molar-refractivity contribution in [3.8, 4) is 0 Å². The second-order valence-electron chi connectivity index (χ2n) is 6.07. The van der Waals surface area contributed by atoms with Crippen LogP contribution in [0, 0.1) is 0 Å². The molecule has 3 aromatic rings.